The molecule has 0 radical (unpaired) electrons. The van der Waals surface area contributed by atoms with Gasteiger partial charge >= 0.3 is 12.1 Å². The van der Waals surface area contributed by atoms with Gasteiger partial charge in [-0.3, -0.25) is 0 Å². The monoisotopic (exact) mass is 575 g/mol. The van der Waals surface area contributed by atoms with Crippen LogP contribution in [0.5, 0.6) is 0 Å². The van der Waals surface area contributed by atoms with Gasteiger partial charge in [0.2, 0.25) is 16.1 Å². The molecule has 1 saturated heterocycles. The molecule has 3 aromatic rings. The summed E-state index contributed by atoms with van der Waals surface area (Å²) in [5, 5.41) is 14.0. The van der Waals surface area contributed by atoms with Gasteiger partial charge in [-0.05, 0) is 36.1 Å². The number of ether oxygens (including phenoxy) is 2. The van der Waals surface area contributed by atoms with E-state index in [4.69, 9.17) is 9.47 Å². The second kappa shape index (κ2) is 12.9. The topological polar surface area (TPSA) is 135 Å². The fourth-order valence-corrected chi connectivity index (χ4v) is 6.67. The predicted molar refractivity (Wildman–Crippen MR) is 147 cm³/mol. The first kappa shape index (κ1) is 28.9. The lowest BCUT2D eigenvalue weighted by Crippen LogP contribution is -2.51. The number of cyclic esters (lactones) is 1. The number of hydrogen-bond donors (Lipinski definition) is 2. The number of sulfonamides is 1. The summed E-state index contributed by atoms with van der Waals surface area (Å²) in [6.45, 7) is 4.02. The highest BCUT2D eigenvalue weighted by molar-refractivity contribution is 7.89. The van der Waals surface area contributed by atoms with Gasteiger partial charge in [-0.15, -0.1) is 11.3 Å². The third-order valence-corrected chi connectivity index (χ3v) is 9.37. The zero-order valence-electron chi connectivity index (χ0n) is 21.9. The van der Waals surface area contributed by atoms with Crippen molar-refractivity contribution < 1.29 is 32.6 Å². The number of carbonyl (C=O) groups is 2. The molecule has 1 aliphatic rings. The third kappa shape index (κ3) is 7.33. The summed E-state index contributed by atoms with van der Waals surface area (Å²) in [5.74, 6) is -0.591. The van der Waals surface area contributed by atoms with Crippen molar-refractivity contribution in [2.45, 2.75) is 56.3 Å². The molecular weight excluding hydrogens is 542 g/mol. The van der Waals surface area contributed by atoms with Crippen molar-refractivity contribution in [3.05, 3.63) is 59.6 Å². The summed E-state index contributed by atoms with van der Waals surface area (Å²) in [4.78, 5) is 28.8. The van der Waals surface area contributed by atoms with E-state index in [1.807, 2.05) is 44.2 Å². The molecule has 1 aliphatic heterocycles. The Labute approximate surface area is 232 Å². The number of carbonyl (C=O) groups excluding carboxylic acids is 2. The molecule has 1 unspecified atom stereocenters. The Morgan fingerprint density at radius 2 is 2.03 bits per heavy atom. The first-order valence-electron chi connectivity index (χ1n) is 12.9. The van der Waals surface area contributed by atoms with E-state index >= 15 is 0 Å². The predicted octanol–water partition coefficient (Wildman–Crippen LogP) is 3.35. The molecule has 10 nitrogen and oxygen atoms in total. The van der Waals surface area contributed by atoms with Gasteiger partial charge in [0.25, 0.3) is 0 Å². The van der Waals surface area contributed by atoms with E-state index in [0.717, 1.165) is 16.7 Å². The zero-order valence-corrected chi connectivity index (χ0v) is 23.5. The molecule has 2 heterocycles. The lowest BCUT2D eigenvalue weighted by Gasteiger charge is -2.31. The molecule has 1 aromatic heterocycles. The highest BCUT2D eigenvalue weighted by Gasteiger charge is 2.34. The van der Waals surface area contributed by atoms with E-state index in [9.17, 15) is 23.1 Å². The van der Waals surface area contributed by atoms with Crippen LogP contribution in [0.3, 0.4) is 0 Å². The highest BCUT2D eigenvalue weighted by Crippen LogP contribution is 2.25. The summed E-state index contributed by atoms with van der Waals surface area (Å²) in [7, 11) is -3.98. The van der Waals surface area contributed by atoms with Crippen molar-refractivity contribution >= 4 is 43.6 Å². The molecular formula is C27H33N3O7S2. The normalized spacial score (nSPS) is 18.1. The Bertz CT molecular complexity index is 1380. The van der Waals surface area contributed by atoms with Crippen LogP contribution in [-0.4, -0.2) is 72.8 Å². The maximum Gasteiger partial charge on any atom is 0.408 e. The fourth-order valence-electron chi connectivity index (χ4n) is 4.28. The van der Waals surface area contributed by atoms with Gasteiger partial charge in [0, 0.05) is 19.5 Å². The second-order valence-electron chi connectivity index (χ2n) is 9.68. The van der Waals surface area contributed by atoms with Gasteiger partial charge in [-0.2, -0.15) is 4.31 Å². The number of aliphatic hydroxyl groups excluding tert-OH is 1. The van der Waals surface area contributed by atoms with Gasteiger partial charge in [-0.1, -0.05) is 50.6 Å². The molecule has 0 bridgehead atoms. The van der Waals surface area contributed by atoms with Crippen molar-refractivity contribution in [2.24, 2.45) is 5.92 Å². The molecule has 210 valence electrons. The maximum absolute atomic E-state index is 13.8. The molecule has 4 rings (SSSR count). The summed E-state index contributed by atoms with van der Waals surface area (Å²) >= 11 is 1.35. The summed E-state index contributed by atoms with van der Waals surface area (Å²) in [5.41, 5.74) is 3.20. The lowest BCUT2D eigenvalue weighted by atomic mass is 10.0. The standard InChI is InChI=1S/C27H33N3O7S2/c1-3-18(2)15-30(39(34,35)20-9-10-21-25(14-20)38-17-28-21)16-23(31)22(13-19-7-5-4-6-8-19)29-27(33)37-24-11-12-36-26(24)32/h4-10,14,17-18,22-24,31H,3,11-13,15-16H2,1-2H3,(H,29,33)/t18-,22-,23+,24?/m0/s1. The minimum absolute atomic E-state index is 0.0259. The Balaban J connectivity index is 1.57. The number of nitrogens with one attached hydrogen (secondary N) is 1. The van der Waals surface area contributed by atoms with E-state index in [0.29, 0.717) is 5.52 Å². The number of aromatic nitrogens is 1. The molecule has 0 spiro atoms. The first-order chi connectivity index (χ1) is 18.7. The molecule has 1 fully saturated rings. The highest BCUT2D eigenvalue weighted by atomic mass is 32.2. The van der Waals surface area contributed by atoms with Gasteiger partial charge < -0.3 is 19.9 Å². The molecule has 0 aliphatic carbocycles. The number of thiazole rings is 1. The molecule has 0 saturated carbocycles. The van der Waals surface area contributed by atoms with Gasteiger partial charge in [-0.25, -0.2) is 23.0 Å². The molecule has 1 amide bonds. The average molecular weight is 576 g/mol. The van der Waals surface area contributed by atoms with Crippen LogP contribution in [0, 0.1) is 5.92 Å². The number of amides is 1. The number of alkyl carbamates (subject to hydrolysis) is 1. The van der Waals surface area contributed by atoms with Crippen LogP contribution in [0.2, 0.25) is 0 Å². The van der Waals surface area contributed by atoms with E-state index in [1.54, 1.807) is 17.6 Å². The molecule has 12 heteroatoms. The summed E-state index contributed by atoms with van der Waals surface area (Å²) in [6.07, 6.45) is -1.96. The molecule has 39 heavy (non-hydrogen) atoms. The van der Waals surface area contributed by atoms with Crippen molar-refractivity contribution in [1.82, 2.24) is 14.6 Å². The maximum atomic E-state index is 13.8. The minimum atomic E-state index is -3.98. The number of fused-ring (bicyclic) bond motifs is 1. The number of hydrogen-bond acceptors (Lipinski definition) is 9. The van der Waals surface area contributed by atoms with Crippen molar-refractivity contribution in [1.29, 1.82) is 0 Å². The van der Waals surface area contributed by atoms with Crippen LogP contribution in [0.15, 0.2) is 58.9 Å². The molecule has 2 aromatic carbocycles. The van der Waals surface area contributed by atoms with Crippen LogP contribution < -0.4 is 5.32 Å². The Kier molecular flexibility index (Phi) is 9.54. The summed E-state index contributed by atoms with van der Waals surface area (Å²) in [6, 6.07) is 13.1. The van der Waals surface area contributed by atoms with Crippen LogP contribution in [0.4, 0.5) is 4.79 Å². The Morgan fingerprint density at radius 3 is 2.72 bits per heavy atom. The van der Waals surface area contributed by atoms with E-state index < -0.39 is 40.3 Å². The van der Waals surface area contributed by atoms with Gasteiger partial charge in [0.15, 0.2) is 0 Å². The zero-order chi connectivity index (χ0) is 28.0. The Morgan fingerprint density at radius 1 is 1.26 bits per heavy atom. The quantitative estimate of drug-likeness (QED) is 0.314. The Hall–Kier alpha value is -3.06. The van der Waals surface area contributed by atoms with Crippen LogP contribution in [0.25, 0.3) is 10.2 Å². The minimum Gasteiger partial charge on any atom is -0.463 e. The number of nitrogens with zero attached hydrogens (tertiary/aromatic N) is 2. The first-order valence-corrected chi connectivity index (χ1v) is 15.2. The van der Waals surface area contributed by atoms with Crippen LogP contribution >= 0.6 is 11.3 Å². The lowest BCUT2D eigenvalue weighted by molar-refractivity contribution is -0.144. The van der Waals surface area contributed by atoms with Crippen molar-refractivity contribution in [3.63, 3.8) is 0 Å². The number of benzene rings is 2. The SMILES string of the molecule is CC[C@H](C)CN(C[C@@H](O)[C@H](Cc1ccccc1)NC(=O)OC1CCOC1=O)S(=O)(=O)c1ccc2ncsc2c1. The van der Waals surface area contributed by atoms with Gasteiger partial charge in [0.05, 0.1) is 39.4 Å². The fraction of sp³-hybridized carbons (Fsp3) is 0.444. The van der Waals surface area contributed by atoms with Crippen molar-refractivity contribution in [3.8, 4) is 0 Å². The second-order valence-corrected chi connectivity index (χ2v) is 12.5. The van der Waals surface area contributed by atoms with E-state index in [1.165, 1.54) is 21.7 Å². The number of aliphatic hydroxyl groups is 1. The van der Waals surface area contributed by atoms with E-state index in [-0.39, 0.29) is 43.4 Å². The summed E-state index contributed by atoms with van der Waals surface area (Å²) < 4.78 is 39.7. The average Bonchev–Trinajstić information content (AvgIpc) is 3.56. The number of esters is 1. The third-order valence-electron chi connectivity index (χ3n) is 6.75. The smallest absolute Gasteiger partial charge is 0.408 e. The van der Waals surface area contributed by atoms with Crippen LogP contribution in [-0.2, 0) is 30.7 Å². The van der Waals surface area contributed by atoms with Crippen molar-refractivity contribution in [2.75, 3.05) is 19.7 Å². The largest absolute Gasteiger partial charge is 0.463 e. The van der Waals surface area contributed by atoms with Crippen LogP contribution in [0.1, 0.15) is 32.3 Å². The van der Waals surface area contributed by atoms with E-state index in [2.05, 4.69) is 10.3 Å². The van der Waals surface area contributed by atoms with Gasteiger partial charge in [0.1, 0.15) is 0 Å². The molecule has 4 atom stereocenters. The molecule has 2 N–H and O–H groups in total. The number of rotatable bonds is 12.